The van der Waals surface area contributed by atoms with Gasteiger partial charge in [0.15, 0.2) is 0 Å². The molecule has 146 valence electrons. The molecule has 0 bridgehead atoms. The molecule has 27 heavy (non-hydrogen) atoms. The molecule has 1 saturated heterocycles. The number of aryl methyl sites for hydroxylation is 3. The van der Waals surface area contributed by atoms with Crippen LogP contribution in [-0.4, -0.2) is 37.0 Å². The normalized spacial score (nSPS) is 17.3. The van der Waals surface area contributed by atoms with Crippen molar-refractivity contribution in [2.24, 2.45) is 0 Å². The maximum absolute atomic E-state index is 12.7. The van der Waals surface area contributed by atoms with Crippen molar-refractivity contribution in [3.05, 3.63) is 63.7 Å². The summed E-state index contributed by atoms with van der Waals surface area (Å²) in [5.74, 6) is 0.0130. The molecule has 1 atom stereocenters. The number of hydrogen-bond acceptors (Lipinski definition) is 3. The number of amides is 1. The molecule has 2 aromatic carbocycles. The predicted octanol–water partition coefficient (Wildman–Crippen LogP) is 4.27. The fraction of sp³-hybridized carbons (Fsp3) is 0.381. The summed E-state index contributed by atoms with van der Waals surface area (Å²) in [6.45, 7) is 8.97. The maximum atomic E-state index is 12.7. The average molecular weight is 408 g/mol. The van der Waals surface area contributed by atoms with Gasteiger partial charge in [0.1, 0.15) is 0 Å². The topological polar surface area (TPSA) is 44.4 Å². The van der Waals surface area contributed by atoms with Gasteiger partial charge in [0.25, 0.3) is 0 Å². The smallest absolute Gasteiger partial charge is 0.238 e. The molecular formula is C21H27Cl2N3O. The molecule has 1 unspecified atom stereocenters. The van der Waals surface area contributed by atoms with Gasteiger partial charge in [0.2, 0.25) is 5.91 Å². The second kappa shape index (κ2) is 9.56. The van der Waals surface area contributed by atoms with Crippen LogP contribution in [0, 0.1) is 20.8 Å². The predicted molar refractivity (Wildman–Crippen MR) is 115 cm³/mol. The lowest BCUT2D eigenvalue weighted by Gasteiger charge is -2.36. The SMILES string of the molecule is Cc1cc(C)c(NC(=O)CN2CCNCC2c2ccccc2Cl)c(C)c1.Cl. The highest BCUT2D eigenvalue weighted by atomic mass is 35.5. The van der Waals surface area contributed by atoms with Crippen LogP contribution >= 0.6 is 24.0 Å². The second-order valence-electron chi connectivity index (χ2n) is 7.03. The zero-order valence-electron chi connectivity index (χ0n) is 16.0. The molecule has 4 nitrogen and oxygen atoms in total. The number of nitrogens with zero attached hydrogens (tertiary/aromatic N) is 1. The molecule has 3 rings (SSSR count). The number of nitrogens with one attached hydrogen (secondary N) is 2. The Morgan fingerprint density at radius 2 is 1.89 bits per heavy atom. The number of piperazine rings is 1. The van der Waals surface area contributed by atoms with Crippen molar-refractivity contribution in [1.82, 2.24) is 10.2 Å². The van der Waals surface area contributed by atoms with E-state index in [0.29, 0.717) is 6.54 Å². The molecule has 0 saturated carbocycles. The number of anilines is 1. The molecule has 0 aliphatic carbocycles. The van der Waals surface area contributed by atoms with Crippen molar-refractivity contribution in [2.45, 2.75) is 26.8 Å². The fourth-order valence-electron chi connectivity index (χ4n) is 3.73. The number of halogens is 2. The van der Waals surface area contributed by atoms with Gasteiger partial charge in [0, 0.05) is 36.4 Å². The summed E-state index contributed by atoms with van der Waals surface area (Å²) in [5, 5.41) is 7.26. The van der Waals surface area contributed by atoms with Gasteiger partial charge in [-0.2, -0.15) is 0 Å². The Morgan fingerprint density at radius 3 is 2.56 bits per heavy atom. The lowest BCUT2D eigenvalue weighted by atomic mass is 10.0. The lowest BCUT2D eigenvalue weighted by molar-refractivity contribution is -0.118. The monoisotopic (exact) mass is 407 g/mol. The third-order valence-electron chi connectivity index (χ3n) is 4.91. The second-order valence-corrected chi connectivity index (χ2v) is 7.44. The van der Waals surface area contributed by atoms with E-state index in [9.17, 15) is 4.79 Å². The van der Waals surface area contributed by atoms with Gasteiger partial charge in [-0.15, -0.1) is 12.4 Å². The van der Waals surface area contributed by atoms with Crippen LogP contribution in [0.15, 0.2) is 36.4 Å². The minimum Gasteiger partial charge on any atom is -0.324 e. The molecule has 1 amide bonds. The summed E-state index contributed by atoms with van der Waals surface area (Å²) in [6, 6.07) is 12.2. The van der Waals surface area contributed by atoms with E-state index in [0.717, 1.165) is 47.0 Å². The van der Waals surface area contributed by atoms with Crippen LogP contribution < -0.4 is 10.6 Å². The first kappa shape index (κ1) is 21.7. The van der Waals surface area contributed by atoms with E-state index in [2.05, 4.69) is 34.6 Å². The third kappa shape index (κ3) is 5.23. The van der Waals surface area contributed by atoms with E-state index in [1.165, 1.54) is 5.56 Å². The quantitative estimate of drug-likeness (QED) is 0.794. The molecule has 2 aromatic rings. The van der Waals surface area contributed by atoms with Crippen molar-refractivity contribution < 1.29 is 4.79 Å². The summed E-state index contributed by atoms with van der Waals surface area (Å²) in [6.07, 6.45) is 0. The van der Waals surface area contributed by atoms with E-state index in [-0.39, 0.29) is 24.4 Å². The van der Waals surface area contributed by atoms with Gasteiger partial charge in [-0.05, 0) is 43.5 Å². The number of carbonyl (C=O) groups is 1. The fourth-order valence-corrected chi connectivity index (χ4v) is 3.99. The molecule has 1 heterocycles. The van der Waals surface area contributed by atoms with Crippen molar-refractivity contribution in [3.63, 3.8) is 0 Å². The zero-order valence-corrected chi connectivity index (χ0v) is 17.6. The van der Waals surface area contributed by atoms with Crippen LogP contribution in [-0.2, 0) is 4.79 Å². The first-order chi connectivity index (χ1) is 12.5. The van der Waals surface area contributed by atoms with Gasteiger partial charge < -0.3 is 10.6 Å². The number of rotatable bonds is 4. The summed E-state index contributed by atoms with van der Waals surface area (Å²) < 4.78 is 0. The molecule has 0 aromatic heterocycles. The van der Waals surface area contributed by atoms with E-state index >= 15 is 0 Å². The van der Waals surface area contributed by atoms with Crippen LogP contribution in [0.4, 0.5) is 5.69 Å². The molecular weight excluding hydrogens is 381 g/mol. The molecule has 6 heteroatoms. The average Bonchev–Trinajstić information content (AvgIpc) is 2.59. The molecule has 0 radical (unpaired) electrons. The Kier molecular flexibility index (Phi) is 7.68. The van der Waals surface area contributed by atoms with E-state index in [1.807, 2.05) is 38.1 Å². The first-order valence-corrected chi connectivity index (χ1v) is 9.40. The van der Waals surface area contributed by atoms with Gasteiger partial charge in [-0.1, -0.05) is 47.5 Å². The number of hydrogen-bond donors (Lipinski definition) is 2. The van der Waals surface area contributed by atoms with Crippen LogP contribution in [0.1, 0.15) is 28.3 Å². The Hall–Kier alpha value is -1.59. The standard InChI is InChI=1S/C21H26ClN3O.ClH/c1-14-10-15(2)21(16(3)11-14)24-20(26)13-25-9-8-23-12-19(25)17-6-4-5-7-18(17)22;/h4-7,10-11,19,23H,8-9,12-13H2,1-3H3,(H,24,26);1H. The zero-order chi connectivity index (χ0) is 18.7. The highest BCUT2D eigenvalue weighted by Crippen LogP contribution is 2.28. The van der Waals surface area contributed by atoms with Crippen LogP contribution in [0.2, 0.25) is 5.02 Å². The number of carbonyl (C=O) groups excluding carboxylic acids is 1. The van der Waals surface area contributed by atoms with E-state index in [4.69, 9.17) is 11.6 Å². The molecule has 1 fully saturated rings. The lowest BCUT2D eigenvalue weighted by Crippen LogP contribution is -2.48. The molecule has 1 aliphatic rings. The Balaban J connectivity index is 0.00000261. The largest absolute Gasteiger partial charge is 0.324 e. The van der Waals surface area contributed by atoms with Gasteiger partial charge in [-0.25, -0.2) is 0 Å². The summed E-state index contributed by atoms with van der Waals surface area (Å²) >= 11 is 6.39. The minimum absolute atomic E-state index is 0. The van der Waals surface area contributed by atoms with Crippen molar-refractivity contribution >= 4 is 35.6 Å². The highest BCUT2D eigenvalue weighted by molar-refractivity contribution is 6.31. The first-order valence-electron chi connectivity index (χ1n) is 9.02. The van der Waals surface area contributed by atoms with Gasteiger partial charge in [-0.3, -0.25) is 9.69 Å². The van der Waals surface area contributed by atoms with E-state index < -0.39 is 0 Å². The summed E-state index contributed by atoms with van der Waals surface area (Å²) in [7, 11) is 0. The van der Waals surface area contributed by atoms with Crippen molar-refractivity contribution in [1.29, 1.82) is 0 Å². The highest BCUT2D eigenvalue weighted by Gasteiger charge is 2.27. The van der Waals surface area contributed by atoms with Crippen molar-refractivity contribution in [2.75, 3.05) is 31.5 Å². The van der Waals surface area contributed by atoms with Gasteiger partial charge in [0.05, 0.1) is 6.54 Å². The Bertz CT molecular complexity index is 787. The number of benzene rings is 2. The van der Waals surface area contributed by atoms with E-state index in [1.54, 1.807) is 0 Å². The van der Waals surface area contributed by atoms with Crippen LogP contribution in [0.25, 0.3) is 0 Å². The molecule has 1 aliphatic heterocycles. The Labute approximate surface area is 172 Å². The Morgan fingerprint density at radius 1 is 1.22 bits per heavy atom. The minimum atomic E-state index is 0. The maximum Gasteiger partial charge on any atom is 0.238 e. The van der Waals surface area contributed by atoms with Crippen LogP contribution in [0.3, 0.4) is 0 Å². The summed E-state index contributed by atoms with van der Waals surface area (Å²) in [4.78, 5) is 14.9. The van der Waals surface area contributed by atoms with Crippen molar-refractivity contribution in [3.8, 4) is 0 Å². The summed E-state index contributed by atoms with van der Waals surface area (Å²) in [5.41, 5.74) is 5.39. The molecule has 0 spiro atoms. The molecule has 2 N–H and O–H groups in total. The third-order valence-corrected chi connectivity index (χ3v) is 5.25. The van der Waals surface area contributed by atoms with Crippen LogP contribution in [0.5, 0.6) is 0 Å². The van der Waals surface area contributed by atoms with Gasteiger partial charge >= 0.3 is 0 Å².